The summed E-state index contributed by atoms with van der Waals surface area (Å²) in [5.41, 5.74) is 0.633. The highest BCUT2D eigenvalue weighted by atomic mass is 32.1. The van der Waals surface area contributed by atoms with E-state index in [-0.39, 0.29) is 6.03 Å². The first-order valence-electron chi connectivity index (χ1n) is 4.94. The Kier molecular flexibility index (Phi) is 3.34. The molecule has 1 heterocycles. The summed E-state index contributed by atoms with van der Waals surface area (Å²) >= 11 is 4.23. The van der Waals surface area contributed by atoms with E-state index in [9.17, 15) is 4.79 Å². The van der Waals surface area contributed by atoms with Gasteiger partial charge in [0.1, 0.15) is 5.76 Å². The predicted octanol–water partition coefficient (Wildman–Crippen LogP) is 2.92. The summed E-state index contributed by atoms with van der Waals surface area (Å²) in [4.78, 5) is 12.3. The first-order chi connectivity index (χ1) is 8.15. The number of aromatic nitrogens is 1. The van der Waals surface area contributed by atoms with E-state index in [0.29, 0.717) is 22.2 Å². The van der Waals surface area contributed by atoms with Gasteiger partial charge in [0, 0.05) is 11.0 Å². The van der Waals surface area contributed by atoms with E-state index in [0.717, 1.165) is 0 Å². The predicted molar refractivity (Wildman–Crippen MR) is 67.6 cm³/mol. The lowest BCUT2D eigenvalue weighted by Crippen LogP contribution is -2.19. The zero-order valence-corrected chi connectivity index (χ0v) is 9.99. The minimum atomic E-state index is -0.389. The molecule has 1 aromatic carbocycles. The van der Waals surface area contributed by atoms with Crippen molar-refractivity contribution < 1.29 is 9.32 Å². The number of para-hydroxylation sites is 1. The quantitative estimate of drug-likeness (QED) is 0.717. The van der Waals surface area contributed by atoms with E-state index in [1.54, 1.807) is 25.1 Å². The fourth-order valence-electron chi connectivity index (χ4n) is 1.27. The van der Waals surface area contributed by atoms with Crippen LogP contribution < -0.4 is 10.6 Å². The number of carbonyl (C=O) groups excluding carboxylic acids is 1. The standard InChI is InChI=1S/C11H11N3O2S/c1-7-6-10(14-16-7)13-11(15)12-8-4-2-3-5-9(8)17/h2-6,17H,1H3,(H2,12,13,14,15). The summed E-state index contributed by atoms with van der Waals surface area (Å²) < 4.78 is 4.83. The average Bonchev–Trinajstić information content (AvgIpc) is 2.67. The van der Waals surface area contributed by atoms with Crippen molar-refractivity contribution >= 4 is 30.2 Å². The second kappa shape index (κ2) is 4.92. The molecular formula is C11H11N3O2S. The van der Waals surface area contributed by atoms with Gasteiger partial charge >= 0.3 is 6.03 Å². The number of hydrogen-bond donors (Lipinski definition) is 3. The number of urea groups is 1. The van der Waals surface area contributed by atoms with Crippen molar-refractivity contribution in [2.45, 2.75) is 11.8 Å². The van der Waals surface area contributed by atoms with Gasteiger partial charge < -0.3 is 9.84 Å². The van der Waals surface area contributed by atoms with Gasteiger partial charge in [-0.25, -0.2) is 4.79 Å². The third-order valence-corrected chi connectivity index (χ3v) is 2.41. The number of rotatable bonds is 2. The number of nitrogens with one attached hydrogen (secondary N) is 2. The molecule has 0 unspecified atom stereocenters. The second-order valence-corrected chi connectivity index (χ2v) is 3.90. The van der Waals surface area contributed by atoms with Crippen LogP contribution in [-0.4, -0.2) is 11.2 Å². The molecule has 0 aliphatic carbocycles. The molecule has 17 heavy (non-hydrogen) atoms. The molecule has 5 nitrogen and oxygen atoms in total. The van der Waals surface area contributed by atoms with Crippen molar-refractivity contribution in [1.82, 2.24) is 5.16 Å². The summed E-state index contributed by atoms with van der Waals surface area (Å²) in [7, 11) is 0. The average molecular weight is 249 g/mol. The molecule has 0 fully saturated rings. The fourth-order valence-corrected chi connectivity index (χ4v) is 1.49. The maximum atomic E-state index is 11.6. The second-order valence-electron chi connectivity index (χ2n) is 3.42. The number of carbonyl (C=O) groups is 1. The van der Waals surface area contributed by atoms with Crippen molar-refractivity contribution in [2.75, 3.05) is 10.6 Å². The zero-order chi connectivity index (χ0) is 12.3. The molecule has 0 atom stereocenters. The van der Waals surface area contributed by atoms with Gasteiger partial charge in [0.05, 0.1) is 5.69 Å². The number of amides is 2. The third kappa shape index (κ3) is 3.01. The molecule has 0 saturated carbocycles. The Morgan fingerprint density at radius 1 is 1.35 bits per heavy atom. The number of benzene rings is 1. The number of aryl methyl sites for hydroxylation is 1. The minimum absolute atomic E-state index is 0.372. The van der Waals surface area contributed by atoms with Crippen LogP contribution in [0.3, 0.4) is 0 Å². The highest BCUT2D eigenvalue weighted by Gasteiger charge is 2.07. The highest BCUT2D eigenvalue weighted by molar-refractivity contribution is 7.80. The highest BCUT2D eigenvalue weighted by Crippen LogP contribution is 2.18. The third-order valence-electron chi connectivity index (χ3n) is 2.02. The first-order valence-corrected chi connectivity index (χ1v) is 5.39. The van der Waals surface area contributed by atoms with Crippen molar-refractivity contribution in [3.8, 4) is 0 Å². The molecule has 0 radical (unpaired) electrons. The first kappa shape index (κ1) is 11.5. The van der Waals surface area contributed by atoms with E-state index in [1.807, 2.05) is 12.1 Å². The van der Waals surface area contributed by atoms with Crippen LogP contribution >= 0.6 is 12.6 Å². The lowest BCUT2D eigenvalue weighted by Gasteiger charge is -2.06. The molecular weight excluding hydrogens is 238 g/mol. The Morgan fingerprint density at radius 3 is 2.76 bits per heavy atom. The molecule has 0 aliphatic rings. The van der Waals surface area contributed by atoms with E-state index < -0.39 is 0 Å². The molecule has 2 amide bonds. The van der Waals surface area contributed by atoms with Crippen molar-refractivity contribution in [3.05, 3.63) is 36.1 Å². The topological polar surface area (TPSA) is 67.2 Å². The van der Waals surface area contributed by atoms with Crippen molar-refractivity contribution in [1.29, 1.82) is 0 Å². The summed E-state index contributed by atoms with van der Waals surface area (Å²) in [6.07, 6.45) is 0. The smallest absolute Gasteiger partial charge is 0.324 e. The number of anilines is 2. The van der Waals surface area contributed by atoms with Gasteiger partial charge in [-0.05, 0) is 19.1 Å². The van der Waals surface area contributed by atoms with Crippen LogP contribution in [0.2, 0.25) is 0 Å². The molecule has 0 bridgehead atoms. The maximum absolute atomic E-state index is 11.6. The van der Waals surface area contributed by atoms with Crippen LogP contribution in [0.25, 0.3) is 0 Å². The molecule has 0 spiro atoms. The summed E-state index contributed by atoms with van der Waals surface area (Å²) in [6, 6.07) is 8.45. The Bertz CT molecular complexity index is 539. The summed E-state index contributed by atoms with van der Waals surface area (Å²) in [5.74, 6) is 1.01. The maximum Gasteiger partial charge on any atom is 0.324 e. The van der Waals surface area contributed by atoms with Gasteiger partial charge in [-0.15, -0.1) is 12.6 Å². The largest absolute Gasteiger partial charge is 0.360 e. The van der Waals surface area contributed by atoms with Crippen LogP contribution in [-0.2, 0) is 0 Å². The lowest BCUT2D eigenvalue weighted by molar-refractivity contribution is 0.262. The number of thiol groups is 1. The van der Waals surface area contributed by atoms with Gasteiger partial charge in [0.2, 0.25) is 0 Å². The van der Waals surface area contributed by atoms with Crippen molar-refractivity contribution in [2.24, 2.45) is 0 Å². The summed E-state index contributed by atoms with van der Waals surface area (Å²) in [5, 5.41) is 8.86. The molecule has 1 aromatic heterocycles. The molecule has 6 heteroatoms. The molecule has 2 rings (SSSR count). The fraction of sp³-hybridized carbons (Fsp3) is 0.0909. The Hall–Kier alpha value is -1.95. The van der Waals surface area contributed by atoms with Crippen LogP contribution in [0.1, 0.15) is 5.76 Å². The Labute approximate surface area is 104 Å². The molecule has 88 valence electrons. The lowest BCUT2D eigenvalue weighted by atomic mass is 10.3. The SMILES string of the molecule is Cc1cc(NC(=O)Nc2ccccc2S)no1. The zero-order valence-electron chi connectivity index (χ0n) is 9.10. The van der Waals surface area contributed by atoms with Crippen molar-refractivity contribution in [3.63, 3.8) is 0 Å². The van der Waals surface area contributed by atoms with Gasteiger partial charge in [-0.3, -0.25) is 5.32 Å². The minimum Gasteiger partial charge on any atom is -0.360 e. The van der Waals surface area contributed by atoms with Gasteiger partial charge in [-0.2, -0.15) is 0 Å². The van der Waals surface area contributed by atoms with Gasteiger partial charge in [0.25, 0.3) is 0 Å². The normalized spacial score (nSPS) is 10.0. The molecule has 2 aromatic rings. The molecule has 2 N–H and O–H groups in total. The van der Waals surface area contributed by atoms with E-state index in [1.165, 1.54) is 0 Å². The van der Waals surface area contributed by atoms with Crippen LogP contribution in [0.5, 0.6) is 0 Å². The molecule has 0 saturated heterocycles. The van der Waals surface area contributed by atoms with Gasteiger partial charge in [0.15, 0.2) is 5.82 Å². The van der Waals surface area contributed by atoms with Crippen LogP contribution in [0, 0.1) is 6.92 Å². The van der Waals surface area contributed by atoms with E-state index >= 15 is 0 Å². The summed E-state index contributed by atoms with van der Waals surface area (Å²) in [6.45, 7) is 1.75. The van der Waals surface area contributed by atoms with E-state index in [4.69, 9.17) is 4.52 Å². The Morgan fingerprint density at radius 2 is 2.12 bits per heavy atom. The Balaban J connectivity index is 2.01. The number of nitrogens with zero attached hydrogens (tertiary/aromatic N) is 1. The number of hydrogen-bond acceptors (Lipinski definition) is 4. The van der Waals surface area contributed by atoms with E-state index in [2.05, 4.69) is 28.4 Å². The van der Waals surface area contributed by atoms with Crippen LogP contribution in [0.4, 0.5) is 16.3 Å². The molecule has 0 aliphatic heterocycles. The monoisotopic (exact) mass is 249 g/mol. The van der Waals surface area contributed by atoms with Crippen LogP contribution in [0.15, 0.2) is 39.8 Å². The van der Waals surface area contributed by atoms with Gasteiger partial charge in [-0.1, -0.05) is 17.3 Å².